The number of fused-ring (bicyclic) bond motifs is 3. The van der Waals surface area contributed by atoms with Crippen molar-refractivity contribution in [2.75, 3.05) is 13.2 Å². The highest BCUT2D eigenvalue weighted by molar-refractivity contribution is 6.30. The number of hydrogen-bond donors (Lipinski definition) is 2. The van der Waals surface area contributed by atoms with Crippen LogP contribution in [0.5, 0.6) is 11.5 Å². The number of halogens is 1. The van der Waals surface area contributed by atoms with Crippen LogP contribution in [-0.4, -0.2) is 24.3 Å². The molecule has 3 aliphatic rings. The van der Waals surface area contributed by atoms with Gasteiger partial charge in [0.25, 0.3) is 0 Å². The first-order valence-corrected chi connectivity index (χ1v) is 12.2. The van der Waals surface area contributed by atoms with Gasteiger partial charge >= 0.3 is 0 Å². The first-order valence-electron chi connectivity index (χ1n) is 11.8. The fraction of sp³-hybridized carbons (Fsp3) is 0.357. The van der Waals surface area contributed by atoms with Crippen LogP contribution in [0.2, 0.25) is 5.02 Å². The molecule has 2 N–H and O–H groups in total. The summed E-state index contributed by atoms with van der Waals surface area (Å²) < 4.78 is 12.8. The van der Waals surface area contributed by atoms with Crippen LogP contribution >= 0.6 is 11.6 Å². The highest BCUT2D eigenvalue weighted by Gasteiger charge is 2.68. The molecule has 6 rings (SSSR count). The highest BCUT2D eigenvalue weighted by Crippen LogP contribution is 2.66. The van der Waals surface area contributed by atoms with Gasteiger partial charge in [-0.05, 0) is 61.1 Å². The molecule has 2 saturated carbocycles. The molecule has 3 aromatic rings. The van der Waals surface area contributed by atoms with E-state index >= 15 is 0 Å². The van der Waals surface area contributed by atoms with E-state index in [1.165, 1.54) is 18.4 Å². The molecule has 33 heavy (non-hydrogen) atoms. The largest absolute Gasteiger partial charge is 0.492 e. The van der Waals surface area contributed by atoms with Crippen molar-refractivity contribution in [3.8, 4) is 11.5 Å². The quantitative estimate of drug-likeness (QED) is 0.454. The van der Waals surface area contributed by atoms with E-state index in [4.69, 9.17) is 21.1 Å². The summed E-state index contributed by atoms with van der Waals surface area (Å²) in [5.41, 5.74) is 0.877. The van der Waals surface area contributed by atoms with Crippen molar-refractivity contribution in [3.63, 3.8) is 0 Å². The second kappa shape index (κ2) is 8.05. The van der Waals surface area contributed by atoms with Gasteiger partial charge in [0.1, 0.15) is 23.7 Å². The Morgan fingerprint density at radius 1 is 1.00 bits per heavy atom. The van der Waals surface area contributed by atoms with Crippen LogP contribution in [0.1, 0.15) is 48.3 Å². The van der Waals surface area contributed by atoms with Gasteiger partial charge < -0.3 is 19.9 Å². The van der Waals surface area contributed by atoms with Gasteiger partial charge in [0.2, 0.25) is 0 Å². The zero-order valence-corrected chi connectivity index (χ0v) is 19.2. The maximum absolute atomic E-state index is 12.3. The van der Waals surface area contributed by atoms with Gasteiger partial charge in [-0.2, -0.15) is 0 Å². The normalized spacial score (nSPS) is 27.6. The lowest BCUT2D eigenvalue weighted by Gasteiger charge is -2.40. The number of hydrogen-bond acceptors (Lipinski definition) is 4. The first-order chi connectivity index (χ1) is 16.1. The van der Waals surface area contributed by atoms with Gasteiger partial charge in [-0.1, -0.05) is 54.1 Å². The standard InChI is InChI=1S/C28H28ClNO3/c29-21-8-6-20(7-9-21)28-24(19-4-2-1-3-5-19)14-15-27(28,31)25-13-12-23(18-26(25)33-28)32-17-16-30-22-10-11-22/h1-9,12-13,18,22,24,30-31H,10-11,14-17H2/t24-,27+,28-/m0/s1. The summed E-state index contributed by atoms with van der Waals surface area (Å²) in [6, 6.07) is 24.6. The smallest absolute Gasteiger partial charge is 0.173 e. The molecule has 0 aromatic heterocycles. The predicted molar refractivity (Wildman–Crippen MR) is 129 cm³/mol. The summed E-state index contributed by atoms with van der Waals surface area (Å²) >= 11 is 6.22. The summed E-state index contributed by atoms with van der Waals surface area (Å²) in [4.78, 5) is 0. The monoisotopic (exact) mass is 461 g/mol. The number of rotatable bonds is 7. The zero-order valence-electron chi connectivity index (χ0n) is 18.5. The van der Waals surface area contributed by atoms with Crippen LogP contribution in [0.4, 0.5) is 0 Å². The maximum atomic E-state index is 12.3. The van der Waals surface area contributed by atoms with Gasteiger partial charge in [-0.3, -0.25) is 0 Å². The fourth-order valence-corrected chi connectivity index (χ4v) is 5.84. The molecule has 1 aliphatic heterocycles. The van der Waals surface area contributed by atoms with Gasteiger partial charge in [0.15, 0.2) is 5.60 Å². The highest BCUT2D eigenvalue weighted by atomic mass is 35.5. The topological polar surface area (TPSA) is 50.7 Å². The van der Waals surface area contributed by atoms with Gasteiger partial charge in [0.05, 0.1) is 0 Å². The Kier molecular flexibility index (Phi) is 5.13. The molecule has 0 amide bonds. The fourth-order valence-electron chi connectivity index (χ4n) is 5.72. The van der Waals surface area contributed by atoms with Crippen molar-refractivity contribution >= 4 is 11.6 Å². The zero-order chi connectivity index (χ0) is 22.5. The lowest BCUT2D eigenvalue weighted by atomic mass is 9.72. The van der Waals surface area contributed by atoms with Crippen LogP contribution in [0, 0.1) is 0 Å². The van der Waals surface area contributed by atoms with Crippen LogP contribution in [0.15, 0.2) is 72.8 Å². The Morgan fingerprint density at radius 3 is 2.55 bits per heavy atom. The molecule has 2 aliphatic carbocycles. The second-order valence-electron chi connectivity index (χ2n) is 9.44. The SMILES string of the molecule is O[C@@]12CC[C@@H](c3ccccc3)[C@]1(c1ccc(Cl)cc1)Oc1cc(OCCNC3CC3)ccc12. The van der Waals surface area contributed by atoms with Crippen LogP contribution in [0.3, 0.4) is 0 Å². The van der Waals surface area contributed by atoms with Crippen LogP contribution in [-0.2, 0) is 11.2 Å². The van der Waals surface area contributed by atoms with E-state index < -0.39 is 11.2 Å². The molecule has 170 valence electrons. The van der Waals surface area contributed by atoms with Crippen LogP contribution < -0.4 is 14.8 Å². The van der Waals surface area contributed by atoms with Crippen molar-refractivity contribution in [1.29, 1.82) is 0 Å². The van der Waals surface area contributed by atoms with Crippen molar-refractivity contribution in [1.82, 2.24) is 5.32 Å². The average Bonchev–Trinajstić information content (AvgIpc) is 3.56. The minimum absolute atomic E-state index is 0.00406. The predicted octanol–water partition coefficient (Wildman–Crippen LogP) is 5.52. The lowest BCUT2D eigenvalue weighted by Crippen LogP contribution is -2.47. The molecule has 0 saturated heterocycles. The van der Waals surface area contributed by atoms with Crippen LogP contribution in [0.25, 0.3) is 0 Å². The molecule has 0 radical (unpaired) electrons. The first kappa shape index (κ1) is 21.0. The molecular weight excluding hydrogens is 434 g/mol. The van der Waals surface area contributed by atoms with E-state index in [9.17, 15) is 5.11 Å². The van der Waals surface area contributed by atoms with E-state index in [0.29, 0.717) is 29.8 Å². The summed E-state index contributed by atoms with van der Waals surface area (Å²) in [6.45, 7) is 1.44. The molecule has 0 spiro atoms. The Morgan fingerprint density at radius 2 is 1.79 bits per heavy atom. The molecule has 1 heterocycles. The average molecular weight is 462 g/mol. The molecule has 4 nitrogen and oxygen atoms in total. The van der Waals surface area contributed by atoms with Crippen molar-refractivity contribution < 1.29 is 14.6 Å². The number of benzene rings is 3. The number of aliphatic hydroxyl groups is 1. The van der Waals surface area contributed by atoms with E-state index in [1.54, 1.807) is 0 Å². The van der Waals surface area contributed by atoms with Crippen molar-refractivity contribution in [2.45, 2.75) is 48.8 Å². The summed E-state index contributed by atoms with van der Waals surface area (Å²) in [6.07, 6.45) is 3.97. The number of ether oxygens (including phenoxy) is 2. The third-order valence-electron chi connectivity index (χ3n) is 7.43. The minimum atomic E-state index is -1.14. The Hall–Kier alpha value is -2.53. The van der Waals surface area contributed by atoms with E-state index in [0.717, 1.165) is 29.8 Å². The number of nitrogens with one attached hydrogen (secondary N) is 1. The molecule has 3 aromatic carbocycles. The van der Waals surface area contributed by atoms with Crippen molar-refractivity contribution in [2.24, 2.45) is 0 Å². The Balaban J connectivity index is 1.38. The molecule has 2 fully saturated rings. The molecule has 5 heteroatoms. The maximum Gasteiger partial charge on any atom is 0.173 e. The molecule has 0 unspecified atom stereocenters. The minimum Gasteiger partial charge on any atom is -0.492 e. The van der Waals surface area contributed by atoms with E-state index in [1.807, 2.05) is 60.7 Å². The Bertz CT molecular complexity index is 1150. The van der Waals surface area contributed by atoms with E-state index in [-0.39, 0.29) is 5.92 Å². The summed E-state index contributed by atoms with van der Waals surface area (Å²) in [5, 5.41) is 16.4. The molecule has 0 bridgehead atoms. The van der Waals surface area contributed by atoms with E-state index in [2.05, 4.69) is 17.4 Å². The lowest BCUT2D eigenvalue weighted by molar-refractivity contribution is -0.105. The third-order valence-corrected chi connectivity index (χ3v) is 7.68. The Labute approximate surface area is 199 Å². The second-order valence-corrected chi connectivity index (χ2v) is 9.88. The molecule has 3 atom stereocenters. The van der Waals surface area contributed by atoms with Gasteiger partial charge in [-0.15, -0.1) is 0 Å². The third kappa shape index (κ3) is 3.43. The van der Waals surface area contributed by atoms with Gasteiger partial charge in [0, 0.05) is 35.2 Å². The van der Waals surface area contributed by atoms with Gasteiger partial charge in [-0.25, -0.2) is 0 Å². The summed E-state index contributed by atoms with van der Waals surface area (Å²) in [5.74, 6) is 1.46. The molecular formula is C28H28ClNO3. The summed E-state index contributed by atoms with van der Waals surface area (Å²) in [7, 11) is 0. The van der Waals surface area contributed by atoms with Crippen molar-refractivity contribution in [3.05, 3.63) is 94.5 Å².